The maximum Gasteiger partial charge on any atom is 0.339 e. The molecule has 7 heteroatoms. The number of rotatable bonds is 3. The Kier molecular flexibility index (Phi) is 5.61. The number of carbonyl (C=O) groups is 2. The Bertz CT molecular complexity index is 1090. The zero-order valence-electron chi connectivity index (χ0n) is 21.2. The van der Waals surface area contributed by atoms with Crippen LogP contribution in [-0.2, 0) is 14.3 Å². The number of esters is 2. The predicted molar refractivity (Wildman–Crippen MR) is 131 cm³/mol. The zero-order chi connectivity index (χ0) is 25.3. The molecule has 1 aliphatic heterocycles. The highest BCUT2D eigenvalue weighted by molar-refractivity contribution is 5.89. The first kappa shape index (κ1) is 24.1. The highest BCUT2D eigenvalue weighted by Crippen LogP contribution is 2.70. The van der Waals surface area contributed by atoms with Crippen molar-refractivity contribution in [3.05, 3.63) is 41.7 Å². The van der Waals surface area contributed by atoms with Crippen LogP contribution in [0.25, 0.3) is 0 Å². The fraction of sp³-hybridized carbons (Fsp3) is 0.690. The van der Waals surface area contributed by atoms with E-state index in [0.29, 0.717) is 24.3 Å². The smallest absolute Gasteiger partial charge is 0.339 e. The first-order chi connectivity index (χ1) is 17.2. The Morgan fingerprint density at radius 2 is 1.97 bits per heavy atom. The Labute approximate surface area is 212 Å². The summed E-state index contributed by atoms with van der Waals surface area (Å²) in [5, 5.41) is 24.0. The van der Waals surface area contributed by atoms with Crippen molar-refractivity contribution in [3.8, 4) is 0 Å². The molecule has 6 rings (SSSR count). The van der Waals surface area contributed by atoms with Gasteiger partial charge in [-0.05, 0) is 98.2 Å². The van der Waals surface area contributed by atoms with Crippen LogP contribution >= 0.6 is 0 Å². The van der Waals surface area contributed by atoms with Gasteiger partial charge in [-0.3, -0.25) is 4.98 Å². The number of fused-ring (bicyclic) bond motifs is 5. The maximum absolute atomic E-state index is 12.6. The number of cyclic esters (lactones) is 1. The molecule has 0 radical (unpaired) electrons. The van der Waals surface area contributed by atoms with Crippen LogP contribution in [0.3, 0.4) is 0 Å². The minimum absolute atomic E-state index is 0.0119. The molecule has 9 atom stereocenters. The van der Waals surface area contributed by atoms with Crippen LogP contribution in [0.1, 0.15) is 75.6 Å². The highest BCUT2D eigenvalue weighted by atomic mass is 16.5. The molecule has 0 spiro atoms. The predicted octanol–water partition coefficient (Wildman–Crippen LogP) is 3.83. The number of aromatic nitrogens is 1. The van der Waals surface area contributed by atoms with Gasteiger partial charge in [0.25, 0.3) is 0 Å². The molecule has 4 saturated carbocycles. The van der Waals surface area contributed by atoms with Gasteiger partial charge in [0, 0.05) is 23.9 Å². The van der Waals surface area contributed by atoms with Gasteiger partial charge in [0.15, 0.2) is 0 Å². The van der Waals surface area contributed by atoms with Crippen LogP contribution in [0.15, 0.2) is 36.2 Å². The maximum atomic E-state index is 12.6. The van der Waals surface area contributed by atoms with Crippen molar-refractivity contribution in [3.63, 3.8) is 0 Å². The van der Waals surface area contributed by atoms with Gasteiger partial charge in [0.05, 0.1) is 17.3 Å². The summed E-state index contributed by atoms with van der Waals surface area (Å²) in [6.07, 6.45) is 10.5. The molecular weight excluding hydrogens is 458 g/mol. The second-order valence-electron chi connectivity index (χ2n) is 12.4. The van der Waals surface area contributed by atoms with Gasteiger partial charge in [-0.2, -0.15) is 0 Å². The number of aliphatic hydroxyl groups excluding tert-OH is 1. The van der Waals surface area contributed by atoms with Crippen molar-refractivity contribution in [2.45, 2.75) is 83.0 Å². The monoisotopic (exact) mass is 495 g/mol. The lowest BCUT2D eigenvalue weighted by Crippen LogP contribution is -2.67. The molecule has 5 aliphatic rings. The third-order valence-electron chi connectivity index (χ3n) is 11.2. The summed E-state index contributed by atoms with van der Waals surface area (Å²) in [5.74, 6) is 0.0439. The number of nitrogens with zero attached hydrogens (tertiary/aromatic N) is 1. The first-order valence-corrected chi connectivity index (χ1v) is 13.6. The van der Waals surface area contributed by atoms with Crippen LogP contribution in [-0.4, -0.2) is 51.6 Å². The van der Waals surface area contributed by atoms with Gasteiger partial charge < -0.3 is 19.7 Å². The molecule has 2 heterocycles. The summed E-state index contributed by atoms with van der Waals surface area (Å²) in [4.78, 5) is 28.4. The van der Waals surface area contributed by atoms with Gasteiger partial charge in [0.1, 0.15) is 12.7 Å². The molecule has 0 unspecified atom stereocenters. The average molecular weight is 496 g/mol. The minimum atomic E-state index is -0.968. The van der Waals surface area contributed by atoms with E-state index in [1.807, 2.05) is 6.92 Å². The molecule has 0 bridgehead atoms. The van der Waals surface area contributed by atoms with Crippen LogP contribution < -0.4 is 0 Å². The topological polar surface area (TPSA) is 106 Å². The summed E-state index contributed by atoms with van der Waals surface area (Å²) in [5.41, 5.74) is -0.266. The van der Waals surface area contributed by atoms with E-state index in [0.717, 1.165) is 44.1 Å². The van der Waals surface area contributed by atoms with Crippen molar-refractivity contribution < 1.29 is 29.3 Å². The summed E-state index contributed by atoms with van der Waals surface area (Å²) in [7, 11) is 0. The largest absolute Gasteiger partial charge is 0.459 e. The summed E-state index contributed by atoms with van der Waals surface area (Å²) < 4.78 is 11.1. The Balaban J connectivity index is 1.21. The molecule has 194 valence electrons. The SMILES string of the molecule is C[C@@]12CC[C@H](OC(=O)c3cccnc3)C[C@H]1CC[C@H]1[C@@H]2C[C@H](O)[C@]2(C)[C@@H](C3=CC(=O)OC3)CC[C@@]12O. The van der Waals surface area contributed by atoms with Gasteiger partial charge in [-0.15, -0.1) is 0 Å². The zero-order valence-corrected chi connectivity index (χ0v) is 21.2. The van der Waals surface area contributed by atoms with Crippen molar-refractivity contribution in [2.24, 2.45) is 34.5 Å². The number of ether oxygens (including phenoxy) is 2. The fourth-order valence-corrected chi connectivity index (χ4v) is 9.16. The van der Waals surface area contributed by atoms with Crippen LogP contribution in [0.2, 0.25) is 0 Å². The molecule has 1 aromatic rings. The van der Waals surface area contributed by atoms with Crippen LogP contribution in [0.5, 0.6) is 0 Å². The molecule has 0 saturated heterocycles. The van der Waals surface area contributed by atoms with E-state index in [2.05, 4.69) is 11.9 Å². The Morgan fingerprint density at radius 3 is 2.69 bits per heavy atom. The lowest BCUT2D eigenvalue weighted by atomic mass is 9.42. The molecule has 4 fully saturated rings. The molecule has 0 aromatic carbocycles. The van der Waals surface area contributed by atoms with E-state index >= 15 is 0 Å². The highest BCUT2D eigenvalue weighted by Gasteiger charge is 2.70. The fourth-order valence-electron chi connectivity index (χ4n) is 9.16. The quantitative estimate of drug-likeness (QED) is 0.614. The van der Waals surface area contributed by atoms with E-state index in [-0.39, 0.29) is 47.8 Å². The summed E-state index contributed by atoms with van der Waals surface area (Å²) in [6, 6.07) is 3.47. The molecule has 4 aliphatic carbocycles. The number of pyridine rings is 1. The van der Waals surface area contributed by atoms with Gasteiger partial charge in [-0.25, -0.2) is 9.59 Å². The molecule has 7 nitrogen and oxygen atoms in total. The molecule has 2 N–H and O–H groups in total. The van der Waals surface area contributed by atoms with Crippen molar-refractivity contribution in [1.82, 2.24) is 4.98 Å². The lowest BCUT2D eigenvalue weighted by Gasteiger charge is -2.65. The van der Waals surface area contributed by atoms with Crippen molar-refractivity contribution >= 4 is 11.9 Å². The Hall–Kier alpha value is -2.25. The third-order valence-corrected chi connectivity index (χ3v) is 11.2. The van der Waals surface area contributed by atoms with Crippen LogP contribution in [0, 0.1) is 34.5 Å². The average Bonchev–Trinajstić information content (AvgIpc) is 3.41. The number of hydrogen-bond donors (Lipinski definition) is 2. The van der Waals surface area contributed by atoms with Crippen molar-refractivity contribution in [1.29, 1.82) is 0 Å². The number of aliphatic hydroxyl groups is 2. The molecular formula is C29H37NO6. The minimum Gasteiger partial charge on any atom is -0.459 e. The second kappa shape index (κ2) is 8.38. The van der Waals surface area contributed by atoms with Gasteiger partial charge in [-0.1, -0.05) is 13.8 Å². The number of carbonyl (C=O) groups excluding carboxylic acids is 2. The number of hydrogen-bond acceptors (Lipinski definition) is 7. The molecule has 0 amide bonds. The van der Waals surface area contributed by atoms with Gasteiger partial charge in [0.2, 0.25) is 0 Å². The lowest BCUT2D eigenvalue weighted by molar-refractivity contribution is -0.244. The standard InChI is InChI=1S/C29H37NO6/c1-27-9-7-20(36-26(33)17-4-3-11-30-15-17)13-19(27)5-6-22-23(27)14-24(31)28(2)21(8-10-29(22,28)34)18-12-25(32)35-16-18/h3-4,11-12,15,19-24,31,34H,5-10,13-14,16H2,1-2H3/t19-,20+,21-,22+,23+,24+,27-,28+,29-/m1/s1. The third kappa shape index (κ3) is 3.34. The summed E-state index contributed by atoms with van der Waals surface area (Å²) >= 11 is 0. The Morgan fingerprint density at radius 1 is 1.14 bits per heavy atom. The molecule has 36 heavy (non-hydrogen) atoms. The van der Waals surface area contributed by atoms with Gasteiger partial charge >= 0.3 is 11.9 Å². The molecule has 1 aromatic heterocycles. The van der Waals surface area contributed by atoms with E-state index < -0.39 is 17.1 Å². The second-order valence-corrected chi connectivity index (χ2v) is 12.4. The van der Waals surface area contributed by atoms with Crippen LogP contribution in [0.4, 0.5) is 0 Å². The first-order valence-electron chi connectivity index (χ1n) is 13.6. The van der Waals surface area contributed by atoms with Crippen molar-refractivity contribution in [2.75, 3.05) is 6.61 Å². The van der Waals surface area contributed by atoms with E-state index in [4.69, 9.17) is 9.47 Å². The van der Waals surface area contributed by atoms with E-state index in [9.17, 15) is 19.8 Å². The summed E-state index contributed by atoms with van der Waals surface area (Å²) in [6.45, 7) is 4.65. The van der Waals surface area contributed by atoms with E-state index in [1.165, 1.54) is 0 Å². The normalized spacial score (nSPS) is 45.7. The van der Waals surface area contributed by atoms with E-state index in [1.54, 1.807) is 30.6 Å².